The first kappa shape index (κ1) is 15.0. The van der Waals surface area contributed by atoms with Gasteiger partial charge in [-0.2, -0.15) is 4.98 Å². The highest BCUT2D eigenvalue weighted by molar-refractivity contribution is 7.98. The summed E-state index contributed by atoms with van der Waals surface area (Å²) in [7, 11) is 1.68. The molecular weight excluding hydrogens is 274 g/mol. The fourth-order valence-electron chi connectivity index (χ4n) is 1.57. The van der Waals surface area contributed by atoms with Crippen molar-refractivity contribution in [2.75, 3.05) is 20.3 Å². The van der Waals surface area contributed by atoms with Crippen LogP contribution in [0, 0.1) is 6.92 Å². The van der Waals surface area contributed by atoms with Gasteiger partial charge in [0, 0.05) is 18.6 Å². The molecule has 0 atom stereocenters. The molecule has 1 aromatic carbocycles. The van der Waals surface area contributed by atoms with E-state index in [-0.39, 0.29) is 0 Å². The van der Waals surface area contributed by atoms with Crippen LogP contribution in [0.5, 0.6) is 0 Å². The van der Waals surface area contributed by atoms with Crippen molar-refractivity contribution < 1.29 is 9.26 Å². The molecule has 2 rings (SSSR count). The molecular formula is C14H19N3O2S. The van der Waals surface area contributed by atoms with Crippen LogP contribution in [0.25, 0.3) is 0 Å². The minimum absolute atomic E-state index is 0.575. The fourth-order valence-corrected chi connectivity index (χ4v) is 2.31. The predicted molar refractivity (Wildman–Crippen MR) is 78.6 cm³/mol. The molecule has 1 N–H and O–H groups in total. The summed E-state index contributed by atoms with van der Waals surface area (Å²) in [6.45, 7) is 4.10. The molecule has 0 saturated carbocycles. The van der Waals surface area contributed by atoms with Crippen molar-refractivity contribution in [3.8, 4) is 0 Å². The summed E-state index contributed by atoms with van der Waals surface area (Å²) < 4.78 is 10.1. The number of hydrogen-bond acceptors (Lipinski definition) is 6. The number of rotatable bonds is 8. The Morgan fingerprint density at radius 2 is 2.10 bits per heavy atom. The SMILES string of the molecule is COCCNCc1nc(CSc2ccc(C)cc2)no1. The number of methoxy groups -OCH3 is 1. The van der Waals surface area contributed by atoms with E-state index in [9.17, 15) is 0 Å². The highest BCUT2D eigenvalue weighted by Gasteiger charge is 2.06. The number of benzene rings is 1. The van der Waals surface area contributed by atoms with Gasteiger partial charge in [0.25, 0.3) is 0 Å². The molecule has 0 radical (unpaired) electrons. The molecule has 0 unspecified atom stereocenters. The lowest BCUT2D eigenvalue weighted by atomic mass is 10.2. The van der Waals surface area contributed by atoms with Gasteiger partial charge in [0.15, 0.2) is 5.82 Å². The average molecular weight is 293 g/mol. The molecule has 6 heteroatoms. The second-order valence-corrected chi connectivity index (χ2v) is 5.42. The monoisotopic (exact) mass is 293 g/mol. The van der Waals surface area contributed by atoms with E-state index in [1.54, 1.807) is 18.9 Å². The van der Waals surface area contributed by atoms with Gasteiger partial charge in [0.05, 0.1) is 18.9 Å². The van der Waals surface area contributed by atoms with Gasteiger partial charge in [-0.15, -0.1) is 11.8 Å². The van der Waals surface area contributed by atoms with E-state index in [0.717, 1.165) is 12.4 Å². The van der Waals surface area contributed by atoms with E-state index >= 15 is 0 Å². The van der Waals surface area contributed by atoms with Gasteiger partial charge in [-0.25, -0.2) is 0 Å². The van der Waals surface area contributed by atoms with E-state index in [1.165, 1.54) is 10.5 Å². The molecule has 0 aliphatic rings. The van der Waals surface area contributed by atoms with Gasteiger partial charge in [0.2, 0.25) is 5.89 Å². The molecule has 0 aliphatic carbocycles. The second kappa shape index (κ2) is 8.04. The Hall–Kier alpha value is -1.37. The Morgan fingerprint density at radius 3 is 2.85 bits per heavy atom. The third-order valence-electron chi connectivity index (χ3n) is 2.66. The van der Waals surface area contributed by atoms with Crippen LogP contribution in [0.4, 0.5) is 0 Å². The van der Waals surface area contributed by atoms with Crippen molar-refractivity contribution in [2.45, 2.75) is 24.1 Å². The predicted octanol–water partition coefficient (Wildman–Crippen LogP) is 2.41. The van der Waals surface area contributed by atoms with E-state index < -0.39 is 0 Å². The smallest absolute Gasteiger partial charge is 0.240 e. The molecule has 0 amide bonds. The summed E-state index contributed by atoms with van der Waals surface area (Å²) >= 11 is 1.70. The maximum atomic E-state index is 5.17. The summed E-state index contributed by atoms with van der Waals surface area (Å²) in [6, 6.07) is 8.41. The topological polar surface area (TPSA) is 60.2 Å². The molecule has 0 aliphatic heterocycles. The Balaban J connectivity index is 1.76. The maximum Gasteiger partial charge on any atom is 0.240 e. The number of aromatic nitrogens is 2. The molecule has 108 valence electrons. The molecule has 2 aromatic rings. The van der Waals surface area contributed by atoms with Crippen LogP contribution in [0.3, 0.4) is 0 Å². The quantitative estimate of drug-likeness (QED) is 0.596. The number of nitrogens with one attached hydrogen (secondary N) is 1. The molecule has 0 bridgehead atoms. The van der Waals surface area contributed by atoms with Gasteiger partial charge in [0.1, 0.15) is 0 Å². The summed E-state index contributed by atoms with van der Waals surface area (Å²) in [4.78, 5) is 5.55. The lowest BCUT2D eigenvalue weighted by molar-refractivity contribution is 0.197. The van der Waals surface area contributed by atoms with E-state index in [1.807, 2.05) is 0 Å². The summed E-state index contributed by atoms with van der Waals surface area (Å²) in [6.07, 6.45) is 0. The standard InChI is InChI=1S/C14H19N3O2S/c1-11-3-5-12(6-4-11)20-10-13-16-14(19-17-13)9-15-7-8-18-2/h3-6,15H,7-10H2,1-2H3. The number of nitrogens with zero attached hydrogens (tertiary/aromatic N) is 2. The number of aryl methyl sites for hydroxylation is 1. The molecule has 1 aromatic heterocycles. The normalized spacial score (nSPS) is 10.9. The zero-order valence-corrected chi connectivity index (χ0v) is 12.6. The van der Waals surface area contributed by atoms with Crippen LogP contribution >= 0.6 is 11.8 Å². The summed E-state index contributed by atoms with van der Waals surface area (Å²) in [5.41, 5.74) is 1.26. The first-order valence-electron chi connectivity index (χ1n) is 6.48. The number of ether oxygens (including phenoxy) is 1. The second-order valence-electron chi connectivity index (χ2n) is 4.38. The third kappa shape index (κ3) is 4.96. The van der Waals surface area contributed by atoms with Crippen LogP contribution in [-0.2, 0) is 17.0 Å². The first-order chi connectivity index (χ1) is 9.78. The van der Waals surface area contributed by atoms with Crippen LogP contribution < -0.4 is 5.32 Å². The lowest BCUT2D eigenvalue weighted by Gasteiger charge is -1.99. The Kier molecular flexibility index (Phi) is 6.04. The largest absolute Gasteiger partial charge is 0.383 e. The van der Waals surface area contributed by atoms with Crippen molar-refractivity contribution >= 4 is 11.8 Å². The molecule has 5 nitrogen and oxygen atoms in total. The zero-order valence-electron chi connectivity index (χ0n) is 11.8. The van der Waals surface area contributed by atoms with E-state index in [4.69, 9.17) is 9.26 Å². The fraction of sp³-hybridized carbons (Fsp3) is 0.429. The molecule has 0 spiro atoms. The van der Waals surface area contributed by atoms with Gasteiger partial charge in [-0.3, -0.25) is 0 Å². The van der Waals surface area contributed by atoms with Crippen LogP contribution in [0.15, 0.2) is 33.7 Å². The molecule has 20 heavy (non-hydrogen) atoms. The summed E-state index contributed by atoms with van der Waals surface area (Å²) in [5.74, 6) is 2.05. The minimum Gasteiger partial charge on any atom is -0.383 e. The molecule has 1 heterocycles. The van der Waals surface area contributed by atoms with Gasteiger partial charge >= 0.3 is 0 Å². The van der Waals surface area contributed by atoms with Crippen molar-refractivity contribution in [3.63, 3.8) is 0 Å². The number of thioether (sulfide) groups is 1. The zero-order chi connectivity index (χ0) is 14.2. The van der Waals surface area contributed by atoms with Crippen molar-refractivity contribution in [2.24, 2.45) is 0 Å². The van der Waals surface area contributed by atoms with Gasteiger partial charge in [-0.05, 0) is 19.1 Å². The highest BCUT2D eigenvalue weighted by Crippen LogP contribution is 2.21. The Bertz CT molecular complexity index is 513. The Morgan fingerprint density at radius 1 is 1.30 bits per heavy atom. The maximum absolute atomic E-state index is 5.17. The van der Waals surface area contributed by atoms with Gasteiger partial charge in [-0.1, -0.05) is 22.9 Å². The van der Waals surface area contributed by atoms with Crippen molar-refractivity contribution in [1.82, 2.24) is 15.5 Å². The van der Waals surface area contributed by atoms with Crippen molar-refractivity contribution in [3.05, 3.63) is 41.5 Å². The average Bonchev–Trinajstić information content (AvgIpc) is 2.91. The van der Waals surface area contributed by atoms with Gasteiger partial charge < -0.3 is 14.6 Å². The third-order valence-corrected chi connectivity index (χ3v) is 3.67. The summed E-state index contributed by atoms with van der Waals surface area (Å²) in [5, 5.41) is 7.14. The van der Waals surface area contributed by atoms with Crippen LogP contribution in [-0.4, -0.2) is 30.4 Å². The van der Waals surface area contributed by atoms with E-state index in [0.29, 0.717) is 24.8 Å². The number of hydrogen-bond donors (Lipinski definition) is 1. The van der Waals surface area contributed by atoms with Crippen LogP contribution in [0.2, 0.25) is 0 Å². The molecule has 0 fully saturated rings. The lowest BCUT2D eigenvalue weighted by Crippen LogP contribution is -2.18. The van der Waals surface area contributed by atoms with E-state index in [2.05, 4.69) is 46.6 Å². The first-order valence-corrected chi connectivity index (χ1v) is 7.47. The molecule has 0 saturated heterocycles. The highest BCUT2D eigenvalue weighted by atomic mass is 32.2. The van der Waals surface area contributed by atoms with Crippen molar-refractivity contribution in [1.29, 1.82) is 0 Å². The Labute approximate surface area is 123 Å². The minimum atomic E-state index is 0.575. The van der Waals surface area contributed by atoms with Crippen LogP contribution in [0.1, 0.15) is 17.3 Å².